The summed E-state index contributed by atoms with van der Waals surface area (Å²) in [6.45, 7) is 0.600. The molecule has 0 saturated heterocycles. The van der Waals surface area contributed by atoms with Crippen molar-refractivity contribution in [2.75, 3.05) is 37.9 Å². The molecule has 17 heavy (non-hydrogen) atoms. The number of halogens is 2. The number of benzene rings is 1. The second-order valence-electron chi connectivity index (χ2n) is 3.81. The highest BCUT2D eigenvalue weighted by Crippen LogP contribution is 2.29. The Labute approximate surface area is 108 Å². The van der Waals surface area contributed by atoms with E-state index in [4.69, 9.17) is 10.5 Å². The topological polar surface area (TPSA) is 58.7 Å². The Morgan fingerprint density at radius 3 is 2.82 bits per heavy atom. The molecule has 1 atom stereocenters. The zero-order chi connectivity index (χ0) is 13.0. The first-order valence-corrected chi connectivity index (χ1v) is 5.87. The summed E-state index contributed by atoms with van der Waals surface area (Å²) >= 11 is 3.10. The van der Waals surface area contributed by atoms with Crippen LogP contribution in [0.25, 0.3) is 0 Å². The average molecular weight is 307 g/mol. The molecular weight excluding hydrogens is 291 g/mol. The third-order valence-corrected chi connectivity index (χ3v) is 2.93. The van der Waals surface area contributed by atoms with E-state index in [9.17, 15) is 9.50 Å². The van der Waals surface area contributed by atoms with Crippen molar-refractivity contribution in [2.45, 2.75) is 6.10 Å². The van der Waals surface area contributed by atoms with Crippen LogP contribution in [0.3, 0.4) is 0 Å². The molecule has 0 aliphatic heterocycles. The molecule has 0 saturated carbocycles. The predicted octanol–water partition coefficient (Wildman–Crippen LogP) is 1.61. The minimum absolute atomic E-state index is 0.243. The summed E-state index contributed by atoms with van der Waals surface area (Å²) in [4.78, 5) is 1.75. The number of methoxy groups -OCH3 is 1. The number of nitrogen functional groups attached to an aromatic ring is 1. The molecule has 1 rings (SSSR count). The third kappa shape index (κ3) is 3.83. The maximum atomic E-state index is 13.2. The molecule has 1 aromatic carbocycles. The van der Waals surface area contributed by atoms with Gasteiger partial charge in [0.25, 0.3) is 0 Å². The quantitative estimate of drug-likeness (QED) is 0.812. The summed E-state index contributed by atoms with van der Waals surface area (Å²) in [6, 6.07) is 2.84. The zero-order valence-corrected chi connectivity index (χ0v) is 11.4. The molecule has 1 unspecified atom stereocenters. The van der Waals surface area contributed by atoms with Crippen molar-refractivity contribution in [1.29, 1.82) is 0 Å². The highest BCUT2D eigenvalue weighted by Gasteiger charge is 2.13. The molecule has 3 N–H and O–H groups in total. The van der Waals surface area contributed by atoms with E-state index >= 15 is 0 Å². The van der Waals surface area contributed by atoms with Gasteiger partial charge in [-0.05, 0) is 22.0 Å². The molecule has 0 aromatic heterocycles. The second kappa shape index (κ2) is 6.18. The van der Waals surface area contributed by atoms with E-state index in [1.807, 2.05) is 0 Å². The van der Waals surface area contributed by atoms with Crippen LogP contribution >= 0.6 is 15.9 Å². The summed E-state index contributed by atoms with van der Waals surface area (Å²) in [7, 11) is 3.29. The van der Waals surface area contributed by atoms with Gasteiger partial charge in [0.05, 0.1) is 28.6 Å². The molecule has 6 heteroatoms. The van der Waals surface area contributed by atoms with E-state index in [2.05, 4.69) is 15.9 Å². The summed E-state index contributed by atoms with van der Waals surface area (Å²) in [5.41, 5.74) is 6.72. The number of likely N-dealkylation sites (N-methyl/N-ethyl adjacent to an activating group) is 1. The van der Waals surface area contributed by atoms with Crippen molar-refractivity contribution in [1.82, 2.24) is 0 Å². The lowest BCUT2D eigenvalue weighted by molar-refractivity contribution is 0.0695. The molecule has 0 amide bonds. The van der Waals surface area contributed by atoms with Crippen molar-refractivity contribution in [2.24, 2.45) is 0 Å². The highest BCUT2D eigenvalue weighted by molar-refractivity contribution is 9.10. The monoisotopic (exact) mass is 306 g/mol. The van der Waals surface area contributed by atoms with Crippen molar-refractivity contribution in [3.63, 3.8) is 0 Å². The van der Waals surface area contributed by atoms with Crippen molar-refractivity contribution >= 4 is 27.3 Å². The number of hydrogen-bond donors (Lipinski definition) is 2. The molecule has 4 nitrogen and oxygen atoms in total. The minimum atomic E-state index is -0.617. The van der Waals surface area contributed by atoms with Gasteiger partial charge in [0.1, 0.15) is 5.82 Å². The first kappa shape index (κ1) is 14.2. The number of nitrogens with zero attached hydrogens (tertiary/aromatic N) is 1. The maximum Gasteiger partial charge on any atom is 0.139 e. The first-order chi connectivity index (χ1) is 7.95. The molecule has 0 radical (unpaired) electrons. The van der Waals surface area contributed by atoms with Crippen LogP contribution in [0.15, 0.2) is 16.6 Å². The van der Waals surface area contributed by atoms with E-state index in [0.29, 0.717) is 22.4 Å². The van der Waals surface area contributed by atoms with E-state index in [1.165, 1.54) is 13.2 Å². The Morgan fingerprint density at radius 2 is 2.24 bits per heavy atom. The molecular formula is C11H16BrFN2O2. The first-order valence-electron chi connectivity index (χ1n) is 5.08. The summed E-state index contributed by atoms with van der Waals surface area (Å²) in [6.07, 6.45) is -0.617. The van der Waals surface area contributed by atoms with E-state index in [0.717, 1.165) is 0 Å². The number of hydrogen-bond acceptors (Lipinski definition) is 4. The Balaban J connectivity index is 2.81. The maximum absolute atomic E-state index is 13.2. The van der Waals surface area contributed by atoms with Gasteiger partial charge < -0.3 is 20.5 Å². The lowest BCUT2D eigenvalue weighted by Gasteiger charge is -2.24. The van der Waals surface area contributed by atoms with E-state index in [1.54, 1.807) is 18.0 Å². The molecule has 0 aliphatic rings. The van der Waals surface area contributed by atoms with Crippen LogP contribution in [-0.4, -0.2) is 38.5 Å². The summed E-state index contributed by atoms with van der Waals surface area (Å²) < 4.78 is 18.4. The molecule has 1 aromatic rings. The van der Waals surface area contributed by atoms with Crippen molar-refractivity contribution < 1.29 is 14.2 Å². The molecule has 0 spiro atoms. The summed E-state index contributed by atoms with van der Waals surface area (Å²) in [5.74, 6) is -0.405. The molecule has 96 valence electrons. The highest BCUT2D eigenvalue weighted by atomic mass is 79.9. The van der Waals surface area contributed by atoms with Crippen molar-refractivity contribution in [3.8, 4) is 0 Å². The number of anilines is 2. The minimum Gasteiger partial charge on any atom is -0.397 e. The van der Waals surface area contributed by atoms with Crippen LogP contribution in [0.4, 0.5) is 15.8 Å². The second-order valence-corrected chi connectivity index (χ2v) is 4.67. The third-order valence-electron chi connectivity index (χ3n) is 2.32. The van der Waals surface area contributed by atoms with Gasteiger partial charge in [-0.25, -0.2) is 4.39 Å². The van der Waals surface area contributed by atoms with Crippen molar-refractivity contribution in [3.05, 3.63) is 22.4 Å². The Hall–Kier alpha value is -0.850. The largest absolute Gasteiger partial charge is 0.397 e. The fourth-order valence-corrected chi connectivity index (χ4v) is 1.87. The number of aliphatic hydroxyl groups is 1. The van der Waals surface area contributed by atoms with Crippen LogP contribution in [0, 0.1) is 5.82 Å². The molecule has 0 heterocycles. The smallest absolute Gasteiger partial charge is 0.139 e. The fourth-order valence-electron chi connectivity index (χ4n) is 1.54. The summed E-state index contributed by atoms with van der Waals surface area (Å²) in [5, 5.41) is 9.60. The fraction of sp³-hybridized carbons (Fsp3) is 0.455. The Morgan fingerprint density at radius 1 is 1.59 bits per heavy atom. The standard InChI is InChI=1S/C11H16BrFN2O2/c1-15(5-7(16)6-17-2)11-3-8(12)9(13)4-10(11)14/h3-4,7,16H,5-6,14H2,1-2H3. The lowest BCUT2D eigenvalue weighted by atomic mass is 10.2. The van der Waals surface area contributed by atoms with Crippen LogP contribution in [-0.2, 0) is 4.74 Å². The van der Waals surface area contributed by atoms with E-state index < -0.39 is 11.9 Å². The molecule has 0 aliphatic carbocycles. The lowest BCUT2D eigenvalue weighted by Crippen LogP contribution is -2.32. The average Bonchev–Trinajstić information content (AvgIpc) is 2.23. The molecule has 0 bridgehead atoms. The van der Waals surface area contributed by atoms with Gasteiger partial charge in [0.15, 0.2) is 0 Å². The Kier molecular flexibility index (Phi) is 5.17. The van der Waals surface area contributed by atoms with Gasteiger partial charge in [0, 0.05) is 26.8 Å². The van der Waals surface area contributed by atoms with Crippen LogP contribution < -0.4 is 10.6 Å². The van der Waals surface area contributed by atoms with Gasteiger partial charge in [0.2, 0.25) is 0 Å². The van der Waals surface area contributed by atoms with Gasteiger partial charge in [-0.15, -0.1) is 0 Å². The normalized spacial score (nSPS) is 12.5. The number of aliphatic hydroxyl groups excluding tert-OH is 1. The zero-order valence-electron chi connectivity index (χ0n) is 9.78. The SMILES string of the molecule is COCC(O)CN(C)c1cc(Br)c(F)cc1N. The number of ether oxygens (including phenoxy) is 1. The number of rotatable bonds is 5. The predicted molar refractivity (Wildman–Crippen MR) is 69.7 cm³/mol. The van der Waals surface area contributed by atoms with Gasteiger partial charge in [-0.1, -0.05) is 0 Å². The Bertz CT molecular complexity index is 390. The van der Waals surface area contributed by atoms with Gasteiger partial charge >= 0.3 is 0 Å². The van der Waals surface area contributed by atoms with Gasteiger partial charge in [-0.2, -0.15) is 0 Å². The van der Waals surface area contributed by atoms with Crippen LogP contribution in [0.2, 0.25) is 0 Å². The van der Waals surface area contributed by atoms with E-state index in [-0.39, 0.29) is 6.61 Å². The number of nitrogens with two attached hydrogens (primary N) is 1. The molecule has 0 fully saturated rings. The van der Waals surface area contributed by atoms with Crippen LogP contribution in [0.1, 0.15) is 0 Å². The van der Waals surface area contributed by atoms with Crippen LogP contribution in [0.5, 0.6) is 0 Å². The van der Waals surface area contributed by atoms with Gasteiger partial charge in [-0.3, -0.25) is 0 Å².